The van der Waals surface area contributed by atoms with Crippen LogP contribution < -0.4 is 5.32 Å². The van der Waals surface area contributed by atoms with Gasteiger partial charge in [-0.05, 0) is 44.1 Å². The summed E-state index contributed by atoms with van der Waals surface area (Å²) in [6.45, 7) is 3.73. The van der Waals surface area contributed by atoms with Crippen molar-refractivity contribution in [1.82, 2.24) is 5.32 Å². The molecule has 2 fully saturated rings. The minimum absolute atomic E-state index is 0.0651. The van der Waals surface area contributed by atoms with Gasteiger partial charge in [0.2, 0.25) is 0 Å². The van der Waals surface area contributed by atoms with E-state index in [1.54, 1.807) is 0 Å². The van der Waals surface area contributed by atoms with E-state index in [-0.39, 0.29) is 5.54 Å². The monoisotopic (exact) mass is 211 g/mol. The Balaban J connectivity index is 1.94. The first-order chi connectivity index (χ1) is 7.30. The van der Waals surface area contributed by atoms with Crippen molar-refractivity contribution in [1.29, 1.82) is 0 Å². The van der Waals surface area contributed by atoms with Crippen LogP contribution in [-0.2, 0) is 0 Å². The first-order valence-corrected chi connectivity index (χ1v) is 6.66. The van der Waals surface area contributed by atoms with Crippen molar-refractivity contribution >= 4 is 0 Å². The van der Waals surface area contributed by atoms with E-state index in [0.29, 0.717) is 12.5 Å². The minimum Gasteiger partial charge on any atom is -0.394 e. The SMILES string of the molecule is CCC1CCCCC1(CO)NCC1CC1. The van der Waals surface area contributed by atoms with Gasteiger partial charge >= 0.3 is 0 Å². The maximum Gasteiger partial charge on any atom is 0.0616 e. The fourth-order valence-corrected chi connectivity index (χ4v) is 3.07. The summed E-state index contributed by atoms with van der Waals surface area (Å²) >= 11 is 0. The van der Waals surface area contributed by atoms with Crippen molar-refractivity contribution in [3.63, 3.8) is 0 Å². The van der Waals surface area contributed by atoms with Crippen LogP contribution in [0.4, 0.5) is 0 Å². The van der Waals surface area contributed by atoms with Crippen molar-refractivity contribution in [3.8, 4) is 0 Å². The summed E-state index contributed by atoms with van der Waals surface area (Å²) in [4.78, 5) is 0. The number of aliphatic hydroxyl groups is 1. The maximum absolute atomic E-state index is 9.71. The molecular formula is C13H25NO. The number of hydrogen-bond acceptors (Lipinski definition) is 2. The molecule has 0 spiro atoms. The van der Waals surface area contributed by atoms with Gasteiger partial charge in [0.25, 0.3) is 0 Å². The Kier molecular flexibility index (Phi) is 3.68. The number of aliphatic hydroxyl groups excluding tert-OH is 1. The van der Waals surface area contributed by atoms with Crippen molar-refractivity contribution < 1.29 is 5.11 Å². The van der Waals surface area contributed by atoms with Gasteiger partial charge in [0.15, 0.2) is 0 Å². The largest absolute Gasteiger partial charge is 0.394 e. The molecule has 2 atom stereocenters. The molecule has 15 heavy (non-hydrogen) atoms. The third-order valence-electron chi connectivity index (χ3n) is 4.42. The average Bonchev–Trinajstić information content (AvgIpc) is 3.10. The Morgan fingerprint density at radius 3 is 2.67 bits per heavy atom. The van der Waals surface area contributed by atoms with Crippen molar-refractivity contribution in [2.75, 3.05) is 13.2 Å². The molecule has 0 bridgehead atoms. The molecule has 0 aromatic heterocycles. The molecule has 0 aromatic carbocycles. The molecule has 2 unspecified atom stereocenters. The second-order valence-electron chi connectivity index (χ2n) is 5.49. The highest BCUT2D eigenvalue weighted by molar-refractivity contribution is 4.97. The molecule has 2 aliphatic rings. The van der Waals surface area contributed by atoms with Gasteiger partial charge in [0.1, 0.15) is 0 Å². The Morgan fingerprint density at radius 1 is 1.27 bits per heavy atom. The Bertz CT molecular complexity index is 203. The molecule has 0 saturated heterocycles. The molecule has 0 heterocycles. The zero-order chi connectivity index (χ0) is 10.7. The molecule has 2 saturated carbocycles. The van der Waals surface area contributed by atoms with Crippen LogP contribution in [0.1, 0.15) is 51.9 Å². The lowest BCUT2D eigenvalue weighted by molar-refractivity contribution is 0.0630. The first kappa shape index (κ1) is 11.4. The lowest BCUT2D eigenvalue weighted by Crippen LogP contribution is -2.56. The van der Waals surface area contributed by atoms with E-state index in [2.05, 4.69) is 12.2 Å². The predicted molar refractivity (Wildman–Crippen MR) is 62.8 cm³/mol. The van der Waals surface area contributed by atoms with Gasteiger partial charge in [-0.25, -0.2) is 0 Å². The van der Waals surface area contributed by atoms with Crippen LogP contribution in [0.3, 0.4) is 0 Å². The molecule has 2 heteroatoms. The highest BCUT2D eigenvalue weighted by Gasteiger charge is 2.39. The molecule has 2 aliphatic carbocycles. The zero-order valence-electron chi connectivity index (χ0n) is 9.97. The number of rotatable bonds is 5. The lowest BCUT2D eigenvalue weighted by Gasteiger charge is -2.44. The molecule has 0 radical (unpaired) electrons. The number of nitrogens with one attached hydrogen (secondary N) is 1. The van der Waals surface area contributed by atoms with Crippen LogP contribution in [0.25, 0.3) is 0 Å². The fourth-order valence-electron chi connectivity index (χ4n) is 3.07. The molecule has 2 nitrogen and oxygen atoms in total. The zero-order valence-corrected chi connectivity index (χ0v) is 9.97. The van der Waals surface area contributed by atoms with Gasteiger partial charge in [0, 0.05) is 5.54 Å². The minimum atomic E-state index is 0.0651. The summed E-state index contributed by atoms with van der Waals surface area (Å²) in [6.07, 6.45) is 9.11. The van der Waals surface area contributed by atoms with Crippen LogP contribution in [0.2, 0.25) is 0 Å². The van der Waals surface area contributed by atoms with Crippen LogP contribution in [0, 0.1) is 11.8 Å². The van der Waals surface area contributed by atoms with E-state index >= 15 is 0 Å². The fraction of sp³-hybridized carbons (Fsp3) is 1.00. The van der Waals surface area contributed by atoms with E-state index in [9.17, 15) is 5.11 Å². The van der Waals surface area contributed by atoms with Crippen LogP contribution in [0.5, 0.6) is 0 Å². The summed E-state index contributed by atoms with van der Waals surface area (Å²) in [5, 5.41) is 13.4. The summed E-state index contributed by atoms with van der Waals surface area (Å²) in [5.74, 6) is 1.60. The highest BCUT2D eigenvalue weighted by Crippen LogP contribution is 2.37. The van der Waals surface area contributed by atoms with Crippen molar-refractivity contribution in [3.05, 3.63) is 0 Å². The predicted octanol–water partition coefficient (Wildman–Crippen LogP) is 2.32. The van der Waals surface area contributed by atoms with E-state index in [1.807, 2.05) is 0 Å². The van der Waals surface area contributed by atoms with Gasteiger partial charge in [-0.3, -0.25) is 0 Å². The summed E-state index contributed by atoms with van der Waals surface area (Å²) in [6, 6.07) is 0. The highest BCUT2D eigenvalue weighted by atomic mass is 16.3. The third kappa shape index (κ3) is 2.54. The lowest BCUT2D eigenvalue weighted by atomic mass is 9.72. The van der Waals surface area contributed by atoms with Crippen LogP contribution in [-0.4, -0.2) is 23.8 Å². The van der Waals surface area contributed by atoms with E-state index in [0.717, 1.165) is 12.5 Å². The standard InChI is InChI=1S/C13H25NO/c1-2-12-5-3-4-8-13(12,10-15)14-9-11-6-7-11/h11-12,14-15H,2-10H2,1H3. The molecule has 2 rings (SSSR count). The van der Waals surface area contributed by atoms with E-state index in [1.165, 1.54) is 44.9 Å². The third-order valence-corrected chi connectivity index (χ3v) is 4.42. The smallest absolute Gasteiger partial charge is 0.0616 e. The van der Waals surface area contributed by atoms with Gasteiger partial charge in [-0.1, -0.05) is 26.2 Å². The maximum atomic E-state index is 9.71. The molecule has 0 aromatic rings. The second kappa shape index (κ2) is 4.84. The van der Waals surface area contributed by atoms with Gasteiger partial charge in [-0.2, -0.15) is 0 Å². The molecule has 2 N–H and O–H groups in total. The topological polar surface area (TPSA) is 32.3 Å². The van der Waals surface area contributed by atoms with Gasteiger partial charge < -0.3 is 10.4 Å². The first-order valence-electron chi connectivity index (χ1n) is 6.66. The van der Waals surface area contributed by atoms with Gasteiger partial charge in [-0.15, -0.1) is 0 Å². The van der Waals surface area contributed by atoms with E-state index < -0.39 is 0 Å². The summed E-state index contributed by atoms with van der Waals surface area (Å²) in [7, 11) is 0. The number of hydrogen-bond donors (Lipinski definition) is 2. The van der Waals surface area contributed by atoms with E-state index in [4.69, 9.17) is 0 Å². The Labute approximate surface area is 93.5 Å². The second-order valence-corrected chi connectivity index (χ2v) is 5.49. The molecule has 0 aliphatic heterocycles. The van der Waals surface area contributed by atoms with Crippen LogP contribution >= 0.6 is 0 Å². The quantitative estimate of drug-likeness (QED) is 0.731. The molecule has 88 valence electrons. The van der Waals surface area contributed by atoms with Gasteiger partial charge in [0.05, 0.1) is 6.61 Å². The molecule has 0 amide bonds. The Hall–Kier alpha value is -0.0800. The summed E-state index contributed by atoms with van der Waals surface area (Å²) in [5.41, 5.74) is 0.0651. The van der Waals surface area contributed by atoms with Crippen molar-refractivity contribution in [2.45, 2.75) is 57.4 Å². The molecular weight excluding hydrogens is 186 g/mol. The van der Waals surface area contributed by atoms with Crippen LogP contribution in [0.15, 0.2) is 0 Å². The normalized spacial score (nSPS) is 36.8. The summed E-state index contributed by atoms with van der Waals surface area (Å²) < 4.78 is 0. The Morgan fingerprint density at radius 2 is 2.07 bits per heavy atom. The van der Waals surface area contributed by atoms with Crippen molar-refractivity contribution in [2.24, 2.45) is 11.8 Å². The average molecular weight is 211 g/mol.